The van der Waals surface area contributed by atoms with E-state index in [0.717, 1.165) is 24.9 Å². The topological polar surface area (TPSA) is 70.7 Å². The molecule has 3 rings (SSSR count). The Morgan fingerprint density at radius 2 is 2.12 bits per heavy atom. The summed E-state index contributed by atoms with van der Waals surface area (Å²) in [5, 5.41) is 5.88. The van der Waals surface area contributed by atoms with Gasteiger partial charge in [-0.1, -0.05) is 18.9 Å². The van der Waals surface area contributed by atoms with Gasteiger partial charge >= 0.3 is 6.03 Å². The highest BCUT2D eigenvalue weighted by atomic mass is 16.5. The number of carbonyl (C=O) groups is 2. The van der Waals surface area contributed by atoms with E-state index in [4.69, 9.17) is 4.74 Å². The van der Waals surface area contributed by atoms with Crippen LogP contribution in [-0.2, 0) is 9.53 Å². The lowest BCUT2D eigenvalue weighted by molar-refractivity contribution is -0.117. The molecule has 6 heteroatoms. The van der Waals surface area contributed by atoms with E-state index in [9.17, 15) is 9.59 Å². The summed E-state index contributed by atoms with van der Waals surface area (Å²) < 4.78 is 5.36. The first kappa shape index (κ1) is 18.7. The van der Waals surface area contributed by atoms with E-state index >= 15 is 0 Å². The van der Waals surface area contributed by atoms with Gasteiger partial charge in [0.15, 0.2) is 0 Å². The van der Waals surface area contributed by atoms with Crippen LogP contribution in [-0.4, -0.2) is 38.2 Å². The summed E-state index contributed by atoms with van der Waals surface area (Å²) in [5.41, 5.74) is 1.59. The lowest BCUT2D eigenvalue weighted by Gasteiger charge is -2.28. The number of methoxy groups -OCH3 is 1. The molecule has 0 unspecified atom stereocenters. The third-order valence-electron chi connectivity index (χ3n) is 5.61. The number of carbonyl (C=O) groups excluding carboxylic acids is 2. The highest BCUT2D eigenvalue weighted by molar-refractivity contribution is 5.97. The zero-order valence-corrected chi connectivity index (χ0v) is 15.7. The lowest BCUT2D eigenvalue weighted by Crippen LogP contribution is -2.40. The minimum atomic E-state index is -0.217. The Balaban J connectivity index is 1.59. The molecule has 1 aliphatic heterocycles. The predicted molar refractivity (Wildman–Crippen MR) is 102 cm³/mol. The number of nitrogens with zero attached hydrogens (tertiary/aromatic N) is 1. The van der Waals surface area contributed by atoms with Gasteiger partial charge in [0.2, 0.25) is 5.91 Å². The first-order chi connectivity index (χ1) is 12.5. The van der Waals surface area contributed by atoms with Crippen LogP contribution >= 0.6 is 0 Å². The third kappa shape index (κ3) is 4.18. The molecule has 1 aromatic rings. The van der Waals surface area contributed by atoms with Gasteiger partial charge in [-0.15, -0.1) is 0 Å². The molecule has 0 spiro atoms. The van der Waals surface area contributed by atoms with Crippen LogP contribution in [0.2, 0.25) is 0 Å². The van der Waals surface area contributed by atoms with Crippen LogP contribution in [0.15, 0.2) is 24.3 Å². The Bertz CT molecular complexity index is 655. The second kappa shape index (κ2) is 8.08. The summed E-state index contributed by atoms with van der Waals surface area (Å²) in [5.74, 6) is 0.141. The van der Waals surface area contributed by atoms with Gasteiger partial charge in [0, 0.05) is 42.9 Å². The monoisotopic (exact) mass is 359 g/mol. The van der Waals surface area contributed by atoms with Gasteiger partial charge in [0.25, 0.3) is 0 Å². The van der Waals surface area contributed by atoms with E-state index in [1.54, 1.807) is 7.11 Å². The Labute approximate surface area is 155 Å². The minimum Gasteiger partial charge on any atom is -0.384 e. The normalized spacial score (nSPS) is 21.8. The fourth-order valence-corrected chi connectivity index (χ4v) is 4.21. The predicted octanol–water partition coefficient (Wildman–Crippen LogP) is 3.53. The highest BCUT2D eigenvalue weighted by Crippen LogP contribution is 2.37. The second-order valence-corrected chi connectivity index (χ2v) is 7.65. The van der Waals surface area contributed by atoms with Crippen molar-refractivity contribution in [2.24, 2.45) is 5.41 Å². The molecule has 0 bridgehead atoms. The first-order valence-electron chi connectivity index (χ1n) is 9.49. The second-order valence-electron chi connectivity index (χ2n) is 7.65. The van der Waals surface area contributed by atoms with Gasteiger partial charge in [-0.05, 0) is 44.4 Å². The molecule has 1 aliphatic carbocycles. The number of urea groups is 1. The average molecular weight is 359 g/mol. The van der Waals surface area contributed by atoms with E-state index < -0.39 is 0 Å². The van der Waals surface area contributed by atoms with Gasteiger partial charge in [0.05, 0.1) is 6.61 Å². The number of amides is 3. The fourth-order valence-electron chi connectivity index (χ4n) is 4.21. The molecule has 1 saturated heterocycles. The van der Waals surface area contributed by atoms with E-state index in [1.165, 1.54) is 12.8 Å². The van der Waals surface area contributed by atoms with E-state index in [-0.39, 0.29) is 23.4 Å². The SMILES string of the molecule is COCC1(CNC(=O)Nc2cccc(N3C(=O)CC[C@H]3C)c2)CCCC1. The first-order valence-corrected chi connectivity index (χ1v) is 9.49. The van der Waals surface area contributed by atoms with E-state index in [1.807, 2.05) is 29.2 Å². The molecule has 1 aromatic carbocycles. The molecular formula is C20H29N3O3. The van der Waals surface area contributed by atoms with Crippen molar-refractivity contribution >= 4 is 23.3 Å². The van der Waals surface area contributed by atoms with Crippen LogP contribution in [0.25, 0.3) is 0 Å². The summed E-state index contributed by atoms with van der Waals surface area (Å²) in [6.45, 7) is 3.35. The lowest BCUT2D eigenvalue weighted by atomic mass is 9.87. The Morgan fingerprint density at radius 3 is 2.77 bits per heavy atom. The number of ether oxygens (including phenoxy) is 1. The highest BCUT2D eigenvalue weighted by Gasteiger charge is 2.34. The molecule has 3 amide bonds. The standard InChI is InChI=1S/C20H29N3O3/c1-15-8-9-18(24)23(15)17-7-5-6-16(12-17)22-19(25)21-13-20(14-26-2)10-3-4-11-20/h5-7,12,15H,3-4,8-11,13-14H2,1-2H3,(H2,21,22,25)/t15-/m1/s1. The van der Waals surface area contributed by atoms with Gasteiger partial charge in [-0.3, -0.25) is 4.79 Å². The third-order valence-corrected chi connectivity index (χ3v) is 5.61. The number of rotatable bonds is 6. The number of anilines is 2. The summed E-state index contributed by atoms with van der Waals surface area (Å²) in [7, 11) is 1.71. The van der Waals surface area contributed by atoms with Crippen molar-refractivity contribution in [1.29, 1.82) is 0 Å². The minimum absolute atomic E-state index is 0.0609. The van der Waals surface area contributed by atoms with Crippen molar-refractivity contribution in [2.75, 3.05) is 30.5 Å². The molecule has 0 radical (unpaired) electrons. The maximum absolute atomic E-state index is 12.3. The molecule has 1 saturated carbocycles. The van der Waals surface area contributed by atoms with Gasteiger partial charge in [-0.25, -0.2) is 4.79 Å². The number of nitrogens with one attached hydrogen (secondary N) is 2. The fraction of sp³-hybridized carbons (Fsp3) is 0.600. The van der Waals surface area contributed by atoms with Crippen LogP contribution in [0.1, 0.15) is 45.4 Å². The van der Waals surface area contributed by atoms with Gasteiger partial charge in [0.1, 0.15) is 0 Å². The summed E-state index contributed by atoms with van der Waals surface area (Å²) in [4.78, 5) is 26.2. The van der Waals surface area contributed by atoms with Crippen LogP contribution in [0.3, 0.4) is 0 Å². The average Bonchev–Trinajstić information content (AvgIpc) is 3.21. The van der Waals surface area contributed by atoms with Crippen molar-refractivity contribution in [3.8, 4) is 0 Å². The van der Waals surface area contributed by atoms with E-state index in [2.05, 4.69) is 17.6 Å². The molecule has 0 aromatic heterocycles. The zero-order valence-electron chi connectivity index (χ0n) is 15.7. The number of hydrogen-bond donors (Lipinski definition) is 2. The summed E-state index contributed by atoms with van der Waals surface area (Å²) in [6.07, 6.45) is 6.02. The molecule has 2 fully saturated rings. The molecule has 1 heterocycles. The largest absolute Gasteiger partial charge is 0.384 e. The van der Waals surface area contributed by atoms with Gasteiger partial charge in [-0.2, -0.15) is 0 Å². The Hall–Kier alpha value is -2.08. The van der Waals surface area contributed by atoms with Crippen molar-refractivity contribution in [2.45, 2.75) is 51.5 Å². The van der Waals surface area contributed by atoms with Gasteiger partial charge < -0.3 is 20.3 Å². The maximum atomic E-state index is 12.3. The van der Waals surface area contributed by atoms with Crippen LogP contribution in [0.4, 0.5) is 16.2 Å². The van der Waals surface area contributed by atoms with Crippen LogP contribution in [0.5, 0.6) is 0 Å². The van der Waals surface area contributed by atoms with Crippen molar-refractivity contribution in [3.63, 3.8) is 0 Å². The van der Waals surface area contributed by atoms with Crippen LogP contribution < -0.4 is 15.5 Å². The summed E-state index contributed by atoms with van der Waals surface area (Å²) in [6, 6.07) is 7.46. The summed E-state index contributed by atoms with van der Waals surface area (Å²) >= 11 is 0. The van der Waals surface area contributed by atoms with Crippen LogP contribution in [0, 0.1) is 5.41 Å². The molecule has 1 atom stereocenters. The smallest absolute Gasteiger partial charge is 0.319 e. The number of benzene rings is 1. The molecular weight excluding hydrogens is 330 g/mol. The molecule has 26 heavy (non-hydrogen) atoms. The molecule has 142 valence electrons. The zero-order chi connectivity index (χ0) is 18.6. The van der Waals surface area contributed by atoms with Crippen molar-refractivity contribution in [3.05, 3.63) is 24.3 Å². The molecule has 6 nitrogen and oxygen atoms in total. The number of hydrogen-bond acceptors (Lipinski definition) is 3. The Morgan fingerprint density at radius 1 is 1.35 bits per heavy atom. The Kier molecular flexibility index (Phi) is 5.81. The van der Waals surface area contributed by atoms with E-state index in [0.29, 0.717) is 25.3 Å². The van der Waals surface area contributed by atoms with Crippen molar-refractivity contribution < 1.29 is 14.3 Å². The van der Waals surface area contributed by atoms with Crippen molar-refractivity contribution in [1.82, 2.24) is 5.32 Å². The maximum Gasteiger partial charge on any atom is 0.319 e. The molecule has 2 aliphatic rings. The molecule has 2 N–H and O–H groups in total. The quantitative estimate of drug-likeness (QED) is 0.816.